The van der Waals surface area contributed by atoms with Gasteiger partial charge in [0.15, 0.2) is 0 Å². The van der Waals surface area contributed by atoms with Crippen LogP contribution in [0.25, 0.3) is 0 Å². The molecule has 1 saturated carbocycles. The normalized spacial score (nSPS) is 16.6. The second-order valence-corrected chi connectivity index (χ2v) is 5.39. The van der Waals surface area contributed by atoms with Crippen LogP contribution < -0.4 is 5.73 Å². The highest BCUT2D eigenvalue weighted by molar-refractivity contribution is 7.80. The predicted molar refractivity (Wildman–Crippen MR) is 74.8 cm³/mol. The Morgan fingerprint density at radius 2 is 1.71 bits per heavy atom. The van der Waals surface area contributed by atoms with E-state index >= 15 is 0 Å². The van der Waals surface area contributed by atoms with E-state index in [1.165, 1.54) is 0 Å². The van der Waals surface area contributed by atoms with Gasteiger partial charge in [-0.25, -0.2) is 0 Å². The van der Waals surface area contributed by atoms with E-state index in [9.17, 15) is 4.79 Å². The predicted octanol–water partition coefficient (Wildman–Crippen LogP) is 2.48. The van der Waals surface area contributed by atoms with E-state index in [4.69, 9.17) is 18.0 Å². The lowest BCUT2D eigenvalue weighted by Gasteiger charge is -2.26. The highest BCUT2D eigenvalue weighted by Crippen LogP contribution is 2.47. The molecule has 4 heteroatoms. The van der Waals surface area contributed by atoms with Crippen molar-refractivity contribution in [3.05, 3.63) is 0 Å². The molecule has 0 saturated heterocycles. The molecule has 0 aliphatic heterocycles. The molecule has 0 heterocycles. The van der Waals surface area contributed by atoms with Gasteiger partial charge in [0.25, 0.3) is 0 Å². The molecule has 0 aromatic carbocycles. The molecule has 17 heavy (non-hydrogen) atoms. The lowest BCUT2D eigenvalue weighted by Crippen LogP contribution is -2.43. The van der Waals surface area contributed by atoms with Crippen LogP contribution in [0.1, 0.15) is 52.4 Å². The fourth-order valence-corrected chi connectivity index (χ4v) is 2.30. The first kappa shape index (κ1) is 14.4. The maximum Gasteiger partial charge on any atom is 0.235 e. The van der Waals surface area contributed by atoms with E-state index in [0.29, 0.717) is 4.99 Å². The summed E-state index contributed by atoms with van der Waals surface area (Å²) >= 11 is 5.04. The van der Waals surface area contributed by atoms with E-state index in [2.05, 4.69) is 13.8 Å². The molecule has 2 N–H and O–H groups in total. The van der Waals surface area contributed by atoms with Gasteiger partial charge in [0.1, 0.15) is 0 Å². The number of nitrogens with two attached hydrogens (primary N) is 1. The number of amides is 1. The molecule has 0 bridgehead atoms. The first-order valence-corrected chi connectivity index (χ1v) is 7.08. The van der Waals surface area contributed by atoms with Crippen molar-refractivity contribution in [3.63, 3.8) is 0 Å². The topological polar surface area (TPSA) is 46.3 Å². The van der Waals surface area contributed by atoms with Gasteiger partial charge in [-0.05, 0) is 25.7 Å². The maximum atomic E-state index is 12.4. The molecule has 0 atom stereocenters. The van der Waals surface area contributed by atoms with Crippen LogP contribution in [0.3, 0.4) is 0 Å². The van der Waals surface area contributed by atoms with Crippen molar-refractivity contribution in [1.82, 2.24) is 4.90 Å². The van der Waals surface area contributed by atoms with Gasteiger partial charge in [-0.2, -0.15) is 0 Å². The lowest BCUT2D eigenvalue weighted by atomic mass is 10.0. The maximum absolute atomic E-state index is 12.4. The number of rotatable bonds is 8. The zero-order chi connectivity index (χ0) is 12.9. The van der Waals surface area contributed by atoms with Crippen LogP contribution in [0, 0.1) is 5.41 Å². The summed E-state index contributed by atoms with van der Waals surface area (Å²) < 4.78 is 0. The Morgan fingerprint density at radius 1 is 1.24 bits per heavy atom. The van der Waals surface area contributed by atoms with Crippen LogP contribution in [-0.4, -0.2) is 28.9 Å². The van der Waals surface area contributed by atoms with E-state index < -0.39 is 5.41 Å². The molecule has 1 aliphatic rings. The number of nitrogens with zero attached hydrogens (tertiary/aromatic N) is 1. The summed E-state index contributed by atoms with van der Waals surface area (Å²) in [6, 6.07) is 0. The van der Waals surface area contributed by atoms with Crippen LogP contribution >= 0.6 is 12.2 Å². The van der Waals surface area contributed by atoms with Crippen LogP contribution in [0.2, 0.25) is 0 Å². The van der Waals surface area contributed by atoms with E-state index in [1.54, 1.807) is 0 Å². The molecule has 0 aromatic rings. The molecule has 98 valence electrons. The molecule has 1 aliphatic carbocycles. The molecule has 0 aromatic heterocycles. The molecule has 1 fully saturated rings. The average Bonchev–Trinajstić information content (AvgIpc) is 3.09. The van der Waals surface area contributed by atoms with Gasteiger partial charge >= 0.3 is 0 Å². The number of hydrogen-bond acceptors (Lipinski definition) is 2. The third kappa shape index (κ3) is 3.41. The van der Waals surface area contributed by atoms with Gasteiger partial charge in [-0.1, -0.05) is 38.9 Å². The van der Waals surface area contributed by atoms with E-state index in [1.807, 2.05) is 4.90 Å². The number of thiocarbonyl (C=S) groups is 1. The van der Waals surface area contributed by atoms with Crippen molar-refractivity contribution in [3.8, 4) is 0 Å². The average molecular weight is 256 g/mol. The summed E-state index contributed by atoms with van der Waals surface area (Å²) in [6.45, 7) is 5.98. The van der Waals surface area contributed by atoms with Gasteiger partial charge in [0.05, 0.1) is 10.4 Å². The number of carbonyl (C=O) groups is 1. The van der Waals surface area contributed by atoms with Crippen molar-refractivity contribution in [2.45, 2.75) is 52.4 Å². The first-order valence-electron chi connectivity index (χ1n) is 6.67. The summed E-state index contributed by atoms with van der Waals surface area (Å²) in [5.41, 5.74) is 5.24. The Hall–Kier alpha value is -0.640. The summed E-state index contributed by atoms with van der Waals surface area (Å²) in [5, 5.41) is 0. The highest BCUT2D eigenvalue weighted by atomic mass is 32.1. The highest BCUT2D eigenvalue weighted by Gasteiger charge is 2.54. The second-order valence-electron chi connectivity index (χ2n) is 4.95. The minimum absolute atomic E-state index is 0.173. The van der Waals surface area contributed by atoms with Crippen molar-refractivity contribution < 1.29 is 4.79 Å². The van der Waals surface area contributed by atoms with Crippen LogP contribution in [0.5, 0.6) is 0 Å². The Bertz CT molecular complexity index is 279. The number of hydrogen-bond donors (Lipinski definition) is 1. The van der Waals surface area contributed by atoms with Crippen LogP contribution in [0.15, 0.2) is 0 Å². The number of unbranched alkanes of at least 4 members (excludes halogenated alkanes) is 2. The number of carbonyl (C=O) groups excluding carboxylic acids is 1. The Morgan fingerprint density at radius 3 is 2.00 bits per heavy atom. The molecule has 0 radical (unpaired) electrons. The molecule has 0 spiro atoms. The smallest absolute Gasteiger partial charge is 0.235 e. The van der Waals surface area contributed by atoms with E-state index in [-0.39, 0.29) is 5.91 Å². The Labute approximate surface area is 110 Å². The van der Waals surface area contributed by atoms with Crippen molar-refractivity contribution in [2.75, 3.05) is 13.1 Å². The molecule has 1 amide bonds. The minimum atomic E-state index is -0.475. The minimum Gasteiger partial charge on any atom is -0.392 e. The fraction of sp³-hybridized carbons (Fsp3) is 0.846. The van der Waals surface area contributed by atoms with Gasteiger partial charge < -0.3 is 10.6 Å². The summed E-state index contributed by atoms with van der Waals surface area (Å²) in [4.78, 5) is 14.8. The zero-order valence-corrected chi connectivity index (χ0v) is 11.8. The van der Waals surface area contributed by atoms with Gasteiger partial charge in [-0.3, -0.25) is 4.79 Å². The largest absolute Gasteiger partial charge is 0.392 e. The van der Waals surface area contributed by atoms with Crippen molar-refractivity contribution in [2.24, 2.45) is 11.1 Å². The van der Waals surface area contributed by atoms with E-state index in [0.717, 1.165) is 51.6 Å². The first-order chi connectivity index (χ1) is 8.08. The molecular formula is C13H24N2OS. The third-order valence-corrected chi connectivity index (χ3v) is 3.87. The third-order valence-electron chi connectivity index (χ3n) is 3.48. The molecular weight excluding hydrogens is 232 g/mol. The van der Waals surface area contributed by atoms with Gasteiger partial charge in [0.2, 0.25) is 5.91 Å². The van der Waals surface area contributed by atoms with Gasteiger partial charge in [-0.15, -0.1) is 0 Å². The summed E-state index contributed by atoms with van der Waals surface area (Å²) in [7, 11) is 0. The second kappa shape index (κ2) is 6.34. The summed E-state index contributed by atoms with van der Waals surface area (Å²) in [6.07, 6.45) is 6.02. The standard InChI is InChI=1S/C13H24N2OS/c1-3-5-9-15(10-6-4-2)12(16)13(7-8-13)11(14)17/h3-10H2,1-2H3,(H2,14,17). The van der Waals surface area contributed by atoms with Crippen LogP contribution in [-0.2, 0) is 4.79 Å². The molecule has 3 nitrogen and oxygen atoms in total. The molecule has 1 rings (SSSR count). The van der Waals surface area contributed by atoms with Crippen molar-refractivity contribution in [1.29, 1.82) is 0 Å². The zero-order valence-electron chi connectivity index (χ0n) is 11.0. The van der Waals surface area contributed by atoms with Crippen molar-refractivity contribution >= 4 is 23.1 Å². The van der Waals surface area contributed by atoms with Crippen LogP contribution in [0.4, 0.5) is 0 Å². The SMILES string of the molecule is CCCCN(CCCC)C(=O)C1(C(N)=S)CC1. The van der Waals surface area contributed by atoms with Gasteiger partial charge in [0, 0.05) is 13.1 Å². The fourth-order valence-electron chi connectivity index (χ4n) is 2.01. The Balaban J connectivity index is 2.62. The molecule has 0 unspecified atom stereocenters. The lowest BCUT2D eigenvalue weighted by molar-refractivity contribution is -0.134. The monoisotopic (exact) mass is 256 g/mol. The summed E-state index contributed by atoms with van der Waals surface area (Å²) in [5.74, 6) is 0.173. The Kier molecular flexibility index (Phi) is 5.37. The quantitative estimate of drug-likeness (QED) is 0.679.